The van der Waals surface area contributed by atoms with Crippen LogP contribution in [0.2, 0.25) is 0 Å². The number of hydrogen-bond donors (Lipinski definition) is 1. The molecule has 0 bridgehead atoms. The molecule has 1 rings (SSSR count). The van der Waals surface area contributed by atoms with Crippen LogP contribution < -0.4 is 5.73 Å². The van der Waals surface area contributed by atoms with Crippen LogP contribution in [0.3, 0.4) is 0 Å². The molecule has 0 saturated heterocycles. The van der Waals surface area contributed by atoms with Crippen molar-refractivity contribution in [3.8, 4) is 0 Å². The van der Waals surface area contributed by atoms with Gasteiger partial charge in [0.15, 0.2) is 0 Å². The molecule has 2 unspecified atom stereocenters. The van der Waals surface area contributed by atoms with Crippen molar-refractivity contribution in [2.75, 3.05) is 11.5 Å². The van der Waals surface area contributed by atoms with Crippen LogP contribution >= 0.6 is 0 Å². The average molecular weight is 239 g/mol. The van der Waals surface area contributed by atoms with Gasteiger partial charge in [-0.3, -0.25) is 4.21 Å². The molecule has 0 aliphatic rings. The van der Waals surface area contributed by atoms with E-state index in [-0.39, 0.29) is 6.04 Å². The third-order valence-corrected chi connectivity index (χ3v) is 4.09. The summed E-state index contributed by atoms with van der Waals surface area (Å²) in [5.41, 5.74) is 8.39. The van der Waals surface area contributed by atoms with Crippen LogP contribution in [0.5, 0.6) is 0 Å². The first-order valence-corrected chi connectivity index (χ1v) is 7.23. The molecular weight excluding hydrogens is 218 g/mol. The fraction of sp³-hybridized carbons (Fsp3) is 0.538. The van der Waals surface area contributed by atoms with Crippen molar-refractivity contribution >= 4 is 10.8 Å². The second-order valence-corrected chi connectivity index (χ2v) is 6.11. The van der Waals surface area contributed by atoms with E-state index in [4.69, 9.17) is 5.73 Å². The average Bonchev–Trinajstić information content (AvgIpc) is 2.28. The van der Waals surface area contributed by atoms with Crippen molar-refractivity contribution in [3.05, 3.63) is 35.4 Å². The Hall–Kier alpha value is -0.670. The molecule has 0 radical (unpaired) electrons. The van der Waals surface area contributed by atoms with Gasteiger partial charge in [0, 0.05) is 28.3 Å². The van der Waals surface area contributed by atoms with E-state index in [0.29, 0.717) is 17.4 Å². The molecule has 0 amide bonds. The maximum Gasteiger partial charge on any atom is 0.0428 e. The van der Waals surface area contributed by atoms with E-state index in [0.717, 1.165) is 5.56 Å². The smallest absolute Gasteiger partial charge is 0.0428 e. The van der Waals surface area contributed by atoms with E-state index in [1.54, 1.807) is 0 Å². The molecule has 1 aromatic carbocycles. The van der Waals surface area contributed by atoms with E-state index >= 15 is 0 Å². The fourth-order valence-electron chi connectivity index (χ4n) is 1.54. The Morgan fingerprint density at radius 3 is 2.12 bits per heavy atom. The molecule has 1 aromatic rings. The lowest BCUT2D eigenvalue weighted by Crippen LogP contribution is -2.19. The van der Waals surface area contributed by atoms with Crippen LogP contribution in [-0.2, 0) is 10.8 Å². The van der Waals surface area contributed by atoms with Crippen molar-refractivity contribution < 1.29 is 4.21 Å². The molecule has 2 atom stereocenters. The Labute approximate surface area is 101 Å². The van der Waals surface area contributed by atoms with E-state index in [1.165, 1.54) is 5.56 Å². The number of hydrogen-bond acceptors (Lipinski definition) is 2. The van der Waals surface area contributed by atoms with Gasteiger partial charge in [0.25, 0.3) is 0 Å². The van der Waals surface area contributed by atoms with Gasteiger partial charge in [-0.1, -0.05) is 45.0 Å². The summed E-state index contributed by atoms with van der Waals surface area (Å²) in [7, 11) is -0.797. The second kappa shape index (κ2) is 6.16. The van der Waals surface area contributed by atoms with Crippen LogP contribution in [0.4, 0.5) is 0 Å². The van der Waals surface area contributed by atoms with Gasteiger partial charge in [-0.05, 0) is 17.0 Å². The predicted octanol–water partition coefficient (Wildman–Crippen LogP) is 2.58. The Morgan fingerprint density at radius 1 is 1.19 bits per heavy atom. The van der Waals surface area contributed by atoms with Crippen LogP contribution in [-0.4, -0.2) is 15.7 Å². The molecule has 0 aromatic heterocycles. The minimum atomic E-state index is -0.797. The lowest BCUT2D eigenvalue weighted by molar-refractivity contribution is 0.676. The summed E-state index contributed by atoms with van der Waals surface area (Å²) < 4.78 is 11.4. The third kappa shape index (κ3) is 3.72. The second-order valence-electron chi connectivity index (χ2n) is 4.32. The predicted molar refractivity (Wildman–Crippen MR) is 71.0 cm³/mol. The molecular formula is C13H21NOS. The third-order valence-electron chi connectivity index (χ3n) is 2.72. The molecule has 16 heavy (non-hydrogen) atoms. The van der Waals surface area contributed by atoms with Gasteiger partial charge in [-0.25, -0.2) is 0 Å². The Kier molecular flexibility index (Phi) is 5.16. The minimum Gasteiger partial charge on any atom is -0.323 e. The van der Waals surface area contributed by atoms with E-state index < -0.39 is 10.8 Å². The molecule has 0 spiro atoms. The maximum absolute atomic E-state index is 11.4. The summed E-state index contributed by atoms with van der Waals surface area (Å²) in [4.78, 5) is 0. The fourth-order valence-corrected chi connectivity index (χ4v) is 2.37. The highest BCUT2D eigenvalue weighted by atomic mass is 32.2. The monoisotopic (exact) mass is 239 g/mol. The number of nitrogens with two attached hydrogens (primary N) is 1. The van der Waals surface area contributed by atoms with Crippen LogP contribution in [0.15, 0.2) is 24.3 Å². The molecule has 2 N–H and O–H groups in total. The number of rotatable bonds is 5. The van der Waals surface area contributed by atoms with Crippen molar-refractivity contribution in [2.24, 2.45) is 5.73 Å². The van der Waals surface area contributed by atoms with Gasteiger partial charge in [0.1, 0.15) is 0 Å². The van der Waals surface area contributed by atoms with Crippen LogP contribution in [0.25, 0.3) is 0 Å². The van der Waals surface area contributed by atoms with Gasteiger partial charge < -0.3 is 5.73 Å². The molecule has 0 aliphatic carbocycles. The van der Waals surface area contributed by atoms with Gasteiger partial charge in [-0.15, -0.1) is 0 Å². The van der Waals surface area contributed by atoms with E-state index in [2.05, 4.69) is 26.0 Å². The Bertz CT molecular complexity index is 345. The van der Waals surface area contributed by atoms with Gasteiger partial charge in [-0.2, -0.15) is 0 Å². The topological polar surface area (TPSA) is 43.1 Å². The zero-order valence-electron chi connectivity index (χ0n) is 10.3. The van der Waals surface area contributed by atoms with Gasteiger partial charge in [0.05, 0.1) is 0 Å². The minimum absolute atomic E-state index is 0.109. The number of benzene rings is 1. The first-order valence-electron chi connectivity index (χ1n) is 5.75. The molecule has 3 heteroatoms. The van der Waals surface area contributed by atoms with Crippen LogP contribution in [0, 0.1) is 0 Å². The zero-order valence-corrected chi connectivity index (χ0v) is 11.1. The Balaban J connectivity index is 2.70. The molecule has 0 heterocycles. The summed E-state index contributed by atoms with van der Waals surface area (Å²) in [5.74, 6) is 1.77. The summed E-state index contributed by atoms with van der Waals surface area (Å²) in [6.07, 6.45) is 0. The van der Waals surface area contributed by atoms with Crippen molar-refractivity contribution in [1.29, 1.82) is 0 Å². The largest absolute Gasteiger partial charge is 0.323 e. The summed E-state index contributed by atoms with van der Waals surface area (Å²) in [6, 6.07) is 8.20. The van der Waals surface area contributed by atoms with E-state index in [9.17, 15) is 4.21 Å². The highest BCUT2D eigenvalue weighted by Gasteiger charge is 2.09. The summed E-state index contributed by atoms with van der Waals surface area (Å²) in [6.45, 7) is 6.26. The molecule has 90 valence electrons. The SMILES string of the molecule is CCS(=O)CC(N)c1ccc(C(C)C)cc1. The normalized spacial score (nSPS) is 15.1. The lowest BCUT2D eigenvalue weighted by atomic mass is 10.00. The summed E-state index contributed by atoms with van der Waals surface area (Å²) in [5, 5.41) is 0. The highest BCUT2D eigenvalue weighted by Crippen LogP contribution is 2.18. The summed E-state index contributed by atoms with van der Waals surface area (Å²) >= 11 is 0. The molecule has 0 fully saturated rings. The van der Waals surface area contributed by atoms with Crippen molar-refractivity contribution in [3.63, 3.8) is 0 Å². The first-order chi connectivity index (χ1) is 7.54. The molecule has 0 aliphatic heterocycles. The quantitative estimate of drug-likeness (QED) is 0.858. The molecule has 0 saturated carbocycles. The first kappa shape index (κ1) is 13.4. The van der Waals surface area contributed by atoms with Crippen molar-refractivity contribution in [1.82, 2.24) is 0 Å². The van der Waals surface area contributed by atoms with Gasteiger partial charge >= 0.3 is 0 Å². The van der Waals surface area contributed by atoms with Crippen LogP contribution in [0.1, 0.15) is 43.9 Å². The maximum atomic E-state index is 11.4. The van der Waals surface area contributed by atoms with E-state index in [1.807, 2.05) is 19.1 Å². The Morgan fingerprint density at radius 2 is 1.69 bits per heavy atom. The highest BCUT2D eigenvalue weighted by molar-refractivity contribution is 7.84. The molecule has 2 nitrogen and oxygen atoms in total. The standard InChI is InChI=1S/C13H21NOS/c1-4-16(15)9-13(14)12-7-5-11(6-8-12)10(2)3/h5-8,10,13H,4,9,14H2,1-3H3. The van der Waals surface area contributed by atoms with Gasteiger partial charge in [0.2, 0.25) is 0 Å². The van der Waals surface area contributed by atoms with Crippen molar-refractivity contribution in [2.45, 2.75) is 32.7 Å². The lowest BCUT2D eigenvalue weighted by Gasteiger charge is -2.12. The zero-order chi connectivity index (χ0) is 12.1.